The van der Waals surface area contributed by atoms with E-state index in [4.69, 9.17) is 0 Å². The zero-order chi connectivity index (χ0) is 20.0. The summed E-state index contributed by atoms with van der Waals surface area (Å²) in [6.45, 7) is 3.13. The first-order chi connectivity index (χ1) is 14.1. The zero-order valence-electron chi connectivity index (χ0n) is 16.3. The number of carbonyl (C=O) groups excluding carboxylic acids is 1. The van der Waals surface area contributed by atoms with Crippen LogP contribution in [0.5, 0.6) is 0 Å². The van der Waals surface area contributed by atoms with Gasteiger partial charge in [-0.3, -0.25) is 9.59 Å². The van der Waals surface area contributed by atoms with Crippen LogP contribution in [0.25, 0.3) is 5.69 Å². The SMILES string of the molecule is Cc1nc2c(c(=O)[nH]1)CCC21CCN(C(=O)c2ccccc2-n2cncn2)CC1. The monoisotopic (exact) mass is 390 g/mol. The first kappa shape index (κ1) is 17.8. The molecule has 1 aliphatic carbocycles. The van der Waals surface area contributed by atoms with Crippen LogP contribution in [0.1, 0.15) is 46.7 Å². The summed E-state index contributed by atoms with van der Waals surface area (Å²) in [6, 6.07) is 7.46. The van der Waals surface area contributed by atoms with Gasteiger partial charge in [0, 0.05) is 24.1 Å². The number of hydrogen-bond acceptors (Lipinski definition) is 5. The molecule has 1 fully saturated rings. The molecule has 3 heterocycles. The van der Waals surface area contributed by atoms with Gasteiger partial charge in [0.2, 0.25) is 0 Å². The molecule has 1 saturated heterocycles. The fraction of sp³-hybridized carbons (Fsp3) is 0.381. The topological polar surface area (TPSA) is 96.8 Å². The van der Waals surface area contributed by atoms with Crippen LogP contribution in [-0.2, 0) is 11.8 Å². The smallest absolute Gasteiger partial charge is 0.256 e. The van der Waals surface area contributed by atoms with E-state index in [1.54, 1.807) is 11.0 Å². The summed E-state index contributed by atoms with van der Waals surface area (Å²) >= 11 is 0. The van der Waals surface area contributed by atoms with E-state index in [1.165, 1.54) is 6.33 Å². The van der Waals surface area contributed by atoms with Gasteiger partial charge in [0.1, 0.15) is 18.5 Å². The molecule has 5 rings (SSSR count). The highest BCUT2D eigenvalue weighted by atomic mass is 16.2. The van der Waals surface area contributed by atoms with Gasteiger partial charge in [-0.2, -0.15) is 5.10 Å². The van der Waals surface area contributed by atoms with Crippen molar-refractivity contribution in [3.8, 4) is 5.69 Å². The number of rotatable bonds is 2. The fourth-order valence-electron chi connectivity index (χ4n) is 4.75. The number of aryl methyl sites for hydroxylation is 1. The number of likely N-dealkylation sites (tertiary alicyclic amines) is 1. The summed E-state index contributed by atoms with van der Waals surface area (Å²) in [5, 5.41) is 4.17. The Balaban J connectivity index is 1.40. The highest BCUT2D eigenvalue weighted by molar-refractivity contribution is 5.97. The second-order valence-electron chi connectivity index (χ2n) is 7.91. The average Bonchev–Trinajstić information content (AvgIpc) is 3.38. The molecule has 0 atom stereocenters. The summed E-state index contributed by atoms with van der Waals surface area (Å²) < 4.78 is 1.62. The standard InChI is InChI=1S/C21H22N6O2/c1-14-24-18-16(19(28)25-14)6-7-21(18)8-10-26(11-9-21)20(29)15-4-2-3-5-17(15)27-13-22-12-23-27/h2-5,12-13H,6-11H2,1H3,(H,24,25,28). The molecule has 2 aromatic heterocycles. The van der Waals surface area contributed by atoms with Gasteiger partial charge < -0.3 is 9.88 Å². The van der Waals surface area contributed by atoms with Gasteiger partial charge in [-0.15, -0.1) is 0 Å². The number of H-pyrrole nitrogens is 1. The molecule has 1 N–H and O–H groups in total. The van der Waals surface area contributed by atoms with E-state index in [-0.39, 0.29) is 16.9 Å². The molecule has 148 valence electrons. The number of nitrogens with zero attached hydrogens (tertiary/aromatic N) is 5. The molecule has 1 aromatic carbocycles. The quantitative estimate of drug-likeness (QED) is 0.719. The van der Waals surface area contributed by atoms with Gasteiger partial charge in [0.15, 0.2) is 0 Å². The van der Waals surface area contributed by atoms with Crippen LogP contribution in [0, 0.1) is 6.92 Å². The zero-order valence-corrected chi connectivity index (χ0v) is 16.3. The van der Waals surface area contributed by atoms with Crippen molar-refractivity contribution in [3.05, 3.63) is 69.9 Å². The molecule has 8 nitrogen and oxygen atoms in total. The lowest BCUT2D eigenvalue weighted by Gasteiger charge is -2.39. The van der Waals surface area contributed by atoms with Crippen molar-refractivity contribution in [2.75, 3.05) is 13.1 Å². The van der Waals surface area contributed by atoms with E-state index in [9.17, 15) is 9.59 Å². The summed E-state index contributed by atoms with van der Waals surface area (Å²) in [5.74, 6) is 0.662. The van der Waals surface area contributed by atoms with Crippen molar-refractivity contribution in [3.63, 3.8) is 0 Å². The Kier molecular flexibility index (Phi) is 4.08. The highest BCUT2D eigenvalue weighted by Crippen LogP contribution is 2.44. The molecule has 3 aromatic rings. The molecule has 1 spiro atoms. The number of amides is 1. The van der Waals surface area contributed by atoms with E-state index >= 15 is 0 Å². The van der Waals surface area contributed by atoms with Crippen LogP contribution in [0.15, 0.2) is 41.7 Å². The average molecular weight is 390 g/mol. The predicted octanol–water partition coefficient (Wildman–Crippen LogP) is 1.78. The summed E-state index contributed by atoms with van der Waals surface area (Å²) in [7, 11) is 0. The van der Waals surface area contributed by atoms with Gasteiger partial charge in [-0.25, -0.2) is 14.6 Å². The molecule has 8 heteroatoms. The fourth-order valence-corrected chi connectivity index (χ4v) is 4.75. The van der Waals surface area contributed by atoms with Crippen LogP contribution in [0.3, 0.4) is 0 Å². The Bertz CT molecular complexity index is 1130. The minimum atomic E-state index is -0.0868. The molecule has 29 heavy (non-hydrogen) atoms. The van der Waals surface area contributed by atoms with Crippen molar-refractivity contribution < 1.29 is 4.79 Å². The van der Waals surface area contributed by atoms with Crippen LogP contribution < -0.4 is 5.56 Å². The summed E-state index contributed by atoms with van der Waals surface area (Å²) in [5.41, 5.74) is 3.03. The van der Waals surface area contributed by atoms with Crippen molar-refractivity contribution in [1.82, 2.24) is 29.6 Å². The second kappa shape index (κ2) is 6.65. The normalized spacial score (nSPS) is 17.5. The predicted molar refractivity (Wildman–Crippen MR) is 106 cm³/mol. The Hall–Kier alpha value is -3.29. The minimum Gasteiger partial charge on any atom is -0.339 e. The first-order valence-corrected chi connectivity index (χ1v) is 9.91. The number of para-hydroxylation sites is 1. The van der Waals surface area contributed by atoms with E-state index in [1.807, 2.05) is 36.1 Å². The number of benzene rings is 1. The van der Waals surface area contributed by atoms with Gasteiger partial charge in [0.05, 0.1) is 16.9 Å². The van der Waals surface area contributed by atoms with Crippen molar-refractivity contribution in [2.45, 2.75) is 38.0 Å². The lowest BCUT2D eigenvalue weighted by Crippen LogP contribution is -2.45. The van der Waals surface area contributed by atoms with E-state index in [2.05, 4.69) is 20.1 Å². The molecular formula is C21H22N6O2. The third-order valence-corrected chi connectivity index (χ3v) is 6.30. The van der Waals surface area contributed by atoms with E-state index in [0.29, 0.717) is 24.5 Å². The van der Waals surface area contributed by atoms with Crippen molar-refractivity contribution in [2.24, 2.45) is 0 Å². The number of fused-ring (bicyclic) bond motifs is 2. The van der Waals surface area contributed by atoms with Crippen LogP contribution in [0.4, 0.5) is 0 Å². The maximum Gasteiger partial charge on any atom is 0.256 e. The van der Waals surface area contributed by atoms with E-state index < -0.39 is 0 Å². The Labute approximate surface area is 167 Å². The molecular weight excluding hydrogens is 368 g/mol. The largest absolute Gasteiger partial charge is 0.339 e. The van der Waals surface area contributed by atoms with Crippen molar-refractivity contribution >= 4 is 5.91 Å². The Morgan fingerprint density at radius 1 is 1.17 bits per heavy atom. The van der Waals surface area contributed by atoms with Gasteiger partial charge in [-0.05, 0) is 44.7 Å². The molecule has 0 unspecified atom stereocenters. The molecule has 2 aliphatic rings. The lowest BCUT2D eigenvalue weighted by molar-refractivity contribution is 0.0663. The summed E-state index contributed by atoms with van der Waals surface area (Å²) in [4.78, 5) is 39.0. The number of aromatic amines is 1. The van der Waals surface area contributed by atoms with Crippen LogP contribution in [-0.4, -0.2) is 48.6 Å². The highest BCUT2D eigenvalue weighted by Gasteiger charge is 2.44. The van der Waals surface area contributed by atoms with Crippen LogP contribution >= 0.6 is 0 Å². The Morgan fingerprint density at radius 3 is 2.72 bits per heavy atom. The molecule has 0 radical (unpaired) electrons. The third-order valence-electron chi connectivity index (χ3n) is 6.30. The number of nitrogens with one attached hydrogen (secondary N) is 1. The molecule has 0 bridgehead atoms. The number of carbonyl (C=O) groups is 1. The number of aromatic nitrogens is 5. The number of piperidine rings is 1. The lowest BCUT2D eigenvalue weighted by atomic mass is 9.76. The van der Waals surface area contributed by atoms with Gasteiger partial charge in [0.25, 0.3) is 11.5 Å². The van der Waals surface area contributed by atoms with Gasteiger partial charge >= 0.3 is 0 Å². The van der Waals surface area contributed by atoms with E-state index in [0.717, 1.165) is 42.6 Å². The Morgan fingerprint density at radius 2 is 1.97 bits per heavy atom. The molecule has 0 saturated carbocycles. The third kappa shape index (κ3) is 2.86. The minimum absolute atomic E-state index is 0.000723. The maximum atomic E-state index is 13.3. The molecule has 1 aliphatic heterocycles. The van der Waals surface area contributed by atoms with Crippen LogP contribution in [0.2, 0.25) is 0 Å². The first-order valence-electron chi connectivity index (χ1n) is 9.91. The summed E-state index contributed by atoms with van der Waals surface area (Å²) in [6.07, 6.45) is 6.40. The maximum absolute atomic E-state index is 13.3. The number of hydrogen-bond donors (Lipinski definition) is 1. The molecule has 1 amide bonds. The van der Waals surface area contributed by atoms with Crippen molar-refractivity contribution in [1.29, 1.82) is 0 Å². The van der Waals surface area contributed by atoms with Gasteiger partial charge in [-0.1, -0.05) is 12.1 Å². The second-order valence-corrected chi connectivity index (χ2v) is 7.91.